The first-order valence-corrected chi connectivity index (χ1v) is 10.7. The number of hydrogen-bond acceptors (Lipinski definition) is 7. The SMILES string of the molecule is CCOc1cc(-c2cc(NCCc3ccc(Br)cc3)ncn2)sc1C/C(N)=N/O. The number of aromatic nitrogens is 2. The maximum atomic E-state index is 8.85. The van der Waals surface area contributed by atoms with Crippen LogP contribution in [0.3, 0.4) is 0 Å². The van der Waals surface area contributed by atoms with Crippen molar-refractivity contribution in [3.05, 3.63) is 57.6 Å². The first-order chi connectivity index (χ1) is 14.1. The Morgan fingerprint density at radius 3 is 2.79 bits per heavy atom. The van der Waals surface area contributed by atoms with Crippen LogP contribution in [0, 0.1) is 0 Å². The summed E-state index contributed by atoms with van der Waals surface area (Å²) in [5.41, 5.74) is 7.71. The maximum Gasteiger partial charge on any atom is 0.144 e. The van der Waals surface area contributed by atoms with Crippen molar-refractivity contribution >= 4 is 38.9 Å². The summed E-state index contributed by atoms with van der Waals surface area (Å²) in [5, 5.41) is 15.2. The molecule has 2 heterocycles. The van der Waals surface area contributed by atoms with Gasteiger partial charge in [0.1, 0.15) is 23.7 Å². The second-order valence-electron chi connectivity index (χ2n) is 6.19. The number of halogens is 1. The van der Waals surface area contributed by atoms with Gasteiger partial charge in [0, 0.05) is 29.6 Å². The molecule has 2 aromatic heterocycles. The van der Waals surface area contributed by atoms with Gasteiger partial charge in [-0.2, -0.15) is 0 Å². The van der Waals surface area contributed by atoms with E-state index in [9.17, 15) is 0 Å². The molecular formula is C20H22BrN5O2S. The number of benzene rings is 1. The summed E-state index contributed by atoms with van der Waals surface area (Å²) in [5.74, 6) is 1.62. The summed E-state index contributed by atoms with van der Waals surface area (Å²) < 4.78 is 6.77. The number of oxime groups is 1. The Balaban J connectivity index is 1.71. The van der Waals surface area contributed by atoms with Gasteiger partial charge in [-0.25, -0.2) is 9.97 Å². The number of nitrogens with one attached hydrogen (secondary N) is 1. The molecule has 3 aromatic rings. The van der Waals surface area contributed by atoms with E-state index in [0.717, 1.165) is 44.5 Å². The number of ether oxygens (including phenoxy) is 1. The lowest BCUT2D eigenvalue weighted by Gasteiger charge is -2.06. The molecule has 0 unspecified atom stereocenters. The lowest BCUT2D eigenvalue weighted by atomic mass is 10.1. The zero-order valence-electron chi connectivity index (χ0n) is 15.9. The van der Waals surface area contributed by atoms with E-state index >= 15 is 0 Å². The van der Waals surface area contributed by atoms with Crippen LogP contribution in [-0.2, 0) is 12.8 Å². The highest BCUT2D eigenvalue weighted by Gasteiger charge is 2.14. The van der Waals surface area contributed by atoms with Gasteiger partial charge < -0.3 is 21.0 Å². The van der Waals surface area contributed by atoms with E-state index in [1.165, 1.54) is 16.9 Å². The molecule has 0 spiro atoms. The number of amidine groups is 1. The smallest absolute Gasteiger partial charge is 0.144 e. The molecule has 3 rings (SSSR count). The summed E-state index contributed by atoms with van der Waals surface area (Å²) in [6.07, 6.45) is 2.75. The molecule has 0 aliphatic carbocycles. The van der Waals surface area contributed by atoms with Gasteiger partial charge in [-0.05, 0) is 31.0 Å². The third-order valence-corrected chi connectivity index (χ3v) is 5.76. The maximum absolute atomic E-state index is 8.85. The highest BCUT2D eigenvalue weighted by atomic mass is 79.9. The van der Waals surface area contributed by atoms with E-state index in [4.69, 9.17) is 15.7 Å². The van der Waals surface area contributed by atoms with E-state index in [1.807, 2.05) is 31.2 Å². The topological polar surface area (TPSA) is 106 Å². The van der Waals surface area contributed by atoms with Gasteiger partial charge >= 0.3 is 0 Å². The Morgan fingerprint density at radius 2 is 2.07 bits per heavy atom. The molecule has 0 saturated carbocycles. The van der Waals surface area contributed by atoms with Crippen molar-refractivity contribution in [3.8, 4) is 16.3 Å². The van der Waals surface area contributed by atoms with Crippen LogP contribution in [0.5, 0.6) is 5.75 Å². The molecule has 7 nitrogen and oxygen atoms in total. The summed E-state index contributed by atoms with van der Waals surface area (Å²) in [4.78, 5) is 10.5. The minimum Gasteiger partial charge on any atom is -0.493 e. The lowest BCUT2D eigenvalue weighted by molar-refractivity contribution is 0.317. The van der Waals surface area contributed by atoms with Crippen LogP contribution in [0.15, 0.2) is 52.4 Å². The predicted octanol–water partition coefficient (Wildman–Crippen LogP) is 4.31. The lowest BCUT2D eigenvalue weighted by Crippen LogP contribution is -2.14. The molecule has 0 bridgehead atoms. The highest BCUT2D eigenvalue weighted by molar-refractivity contribution is 9.10. The van der Waals surface area contributed by atoms with E-state index in [1.54, 1.807) is 6.33 Å². The molecule has 0 radical (unpaired) electrons. The Labute approximate surface area is 181 Å². The van der Waals surface area contributed by atoms with E-state index in [0.29, 0.717) is 13.0 Å². The molecule has 0 fully saturated rings. The van der Waals surface area contributed by atoms with Crippen LogP contribution in [0.25, 0.3) is 10.6 Å². The summed E-state index contributed by atoms with van der Waals surface area (Å²) in [6, 6.07) is 12.1. The van der Waals surface area contributed by atoms with Crippen molar-refractivity contribution in [2.45, 2.75) is 19.8 Å². The normalized spacial score (nSPS) is 11.4. The molecule has 1 aromatic carbocycles. The number of hydrogen-bond donors (Lipinski definition) is 3. The van der Waals surface area contributed by atoms with Gasteiger partial charge in [-0.15, -0.1) is 11.3 Å². The third-order valence-electron chi connectivity index (χ3n) is 4.09. The summed E-state index contributed by atoms with van der Waals surface area (Å²) >= 11 is 4.96. The Bertz CT molecular complexity index is 975. The minimum absolute atomic E-state index is 0.136. The highest BCUT2D eigenvalue weighted by Crippen LogP contribution is 2.36. The van der Waals surface area contributed by atoms with Gasteiger partial charge in [-0.3, -0.25) is 0 Å². The van der Waals surface area contributed by atoms with Gasteiger partial charge in [0.25, 0.3) is 0 Å². The molecule has 4 N–H and O–H groups in total. The van der Waals surface area contributed by atoms with Crippen LogP contribution >= 0.6 is 27.3 Å². The van der Waals surface area contributed by atoms with Gasteiger partial charge in [0.2, 0.25) is 0 Å². The number of anilines is 1. The average molecular weight is 476 g/mol. The molecule has 29 heavy (non-hydrogen) atoms. The molecule has 152 valence electrons. The predicted molar refractivity (Wildman–Crippen MR) is 120 cm³/mol. The van der Waals surface area contributed by atoms with Crippen molar-refractivity contribution in [2.24, 2.45) is 10.9 Å². The van der Waals surface area contributed by atoms with Crippen molar-refractivity contribution in [2.75, 3.05) is 18.5 Å². The monoisotopic (exact) mass is 475 g/mol. The fourth-order valence-electron chi connectivity index (χ4n) is 2.71. The first-order valence-electron chi connectivity index (χ1n) is 9.11. The van der Waals surface area contributed by atoms with Crippen LogP contribution in [0.1, 0.15) is 17.4 Å². The Hall–Kier alpha value is -2.65. The number of nitrogens with zero attached hydrogens (tertiary/aromatic N) is 3. The van der Waals surface area contributed by atoms with Crippen LogP contribution in [-0.4, -0.2) is 34.2 Å². The molecule has 0 amide bonds. The van der Waals surface area contributed by atoms with Crippen LogP contribution in [0.2, 0.25) is 0 Å². The number of rotatable bonds is 9. The van der Waals surface area contributed by atoms with Gasteiger partial charge in [-0.1, -0.05) is 33.2 Å². The number of nitrogens with two attached hydrogens (primary N) is 1. The number of thiophene rings is 1. The Kier molecular flexibility index (Phi) is 7.42. The second-order valence-corrected chi connectivity index (χ2v) is 8.24. The average Bonchev–Trinajstić information content (AvgIpc) is 3.12. The third kappa shape index (κ3) is 5.91. The fraction of sp³-hybridized carbons (Fsp3) is 0.250. The zero-order chi connectivity index (χ0) is 20.6. The molecule has 0 aliphatic heterocycles. The van der Waals surface area contributed by atoms with Crippen molar-refractivity contribution in [3.63, 3.8) is 0 Å². The van der Waals surface area contributed by atoms with E-state index in [2.05, 4.69) is 48.5 Å². The fourth-order valence-corrected chi connectivity index (χ4v) is 4.06. The largest absolute Gasteiger partial charge is 0.493 e. The quantitative estimate of drug-likeness (QED) is 0.184. The first kappa shape index (κ1) is 21.1. The zero-order valence-corrected chi connectivity index (χ0v) is 18.3. The van der Waals surface area contributed by atoms with Crippen molar-refractivity contribution < 1.29 is 9.94 Å². The van der Waals surface area contributed by atoms with Crippen LogP contribution < -0.4 is 15.8 Å². The Morgan fingerprint density at radius 1 is 1.28 bits per heavy atom. The van der Waals surface area contributed by atoms with Gasteiger partial charge in [0.05, 0.1) is 22.1 Å². The molecule has 0 saturated heterocycles. The standard InChI is InChI=1S/C20H22BrN5O2S/c1-2-28-16-10-17(29-18(16)11-19(22)26-27)15-9-20(25-12-24-15)23-8-7-13-3-5-14(21)6-4-13/h3-6,9-10,12,27H,2,7-8,11H2,1H3,(H2,22,26)(H,23,24,25). The van der Waals surface area contributed by atoms with Gasteiger partial charge in [0.15, 0.2) is 0 Å². The van der Waals surface area contributed by atoms with Crippen molar-refractivity contribution in [1.82, 2.24) is 9.97 Å². The summed E-state index contributed by atoms with van der Waals surface area (Å²) in [7, 11) is 0. The molecule has 0 atom stereocenters. The van der Waals surface area contributed by atoms with E-state index in [-0.39, 0.29) is 5.84 Å². The minimum atomic E-state index is 0.136. The molecule has 0 aliphatic rings. The van der Waals surface area contributed by atoms with E-state index < -0.39 is 0 Å². The molecular weight excluding hydrogens is 454 g/mol. The van der Waals surface area contributed by atoms with Crippen molar-refractivity contribution in [1.29, 1.82) is 0 Å². The summed E-state index contributed by atoms with van der Waals surface area (Å²) in [6.45, 7) is 3.22. The van der Waals surface area contributed by atoms with Crippen LogP contribution in [0.4, 0.5) is 5.82 Å². The molecule has 9 heteroatoms. The second kappa shape index (κ2) is 10.2.